The summed E-state index contributed by atoms with van der Waals surface area (Å²) in [7, 11) is 6.46. The molecule has 2 rings (SSSR count). The summed E-state index contributed by atoms with van der Waals surface area (Å²) in [6.07, 6.45) is 6.98. The van der Waals surface area contributed by atoms with Gasteiger partial charge in [-0.2, -0.15) is 0 Å². The summed E-state index contributed by atoms with van der Waals surface area (Å²) < 4.78 is 0. The van der Waals surface area contributed by atoms with Crippen molar-refractivity contribution in [2.45, 2.75) is 19.4 Å². The molecule has 1 aromatic rings. The molecule has 0 heterocycles. The average Bonchev–Trinajstić information content (AvgIpc) is 2.37. The van der Waals surface area contributed by atoms with Gasteiger partial charge in [0, 0.05) is 19.6 Å². The molecule has 18 heavy (non-hydrogen) atoms. The Kier molecular flexibility index (Phi) is 4.56. The van der Waals surface area contributed by atoms with Gasteiger partial charge in [0.25, 0.3) is 0 Å². The highest BCUT2D eigenvalue weighted by atomic mass is 15.1. The maximum absolute atomic E-state index is 2.40. The number of nitrogens with zero attached hydrogens (tertiary/aromatic N) is 2. The topological polar surface area (TPSA) is 6.48 Å². The van der Waals surface area contributed by atoms with E-state index >= 15 is 0 Å². The first-order valence-electron chi connectivity index (χ1n) is 6.77. The van der Waals surface area contributed by atoms with Gasteiger partial charge in [-0.05, 0) is 50.7 Å². The molecule has 0 unspecified atom stereocenters. The molecule has 0 atom stereocenters. The number of benzene rings is 1. The van der Waals surface area contributed by atoms with Crippen LogP contribution in [0.3, 0.4) is 0 Å². The predicted molar refractivity (Wildman–Crippen MR) is 78.7 cm³/mol. The molecule has 0 fully saturated rings. The third-order valence-electron chi connectivity index (χ3n) is 3.52. The second kappa shape index (κ2) is 6.17. The summed E-state index contributed by atoms with van der Waals surface area (Å²) in [5.74, 6) is 0. The minimum absolute atomic E-state index is 1.04. The van der Waals surface area contributed by atoms with Gasteiger partial charge >= 0.3 is 0 Å². The van der Waals surface area contributed by atoms with E-state index in [1.54, 1.807) is 0 Å². The second-order valence-electron chi connectivity index (χ2n) is 5.47. The smallest absolute Gasteiger partial charge is 0.0237 e. The van der Waals surface area contributed by atoms with Crippen molar-refractivity contribution in [2.24, 2.45) is 0 Å². The summed E-state index contributed by atoms with van der Waals surface area (Å²) >= 11 is 0. The number of hydrogen-bond acceptors (Lipinski definition) is 2. The fraction of sp³-hybridized carbons (Fsp3) is 0.500. The van der Waals surface area contributed by atoms with E-state index in [0.29, 0.717) is 0 Å². The lowest BCUT2D eigenvalue weighted by Gasteiger charge is -2.22. The minimum atomic E-state index is 1.04. The Morgan fingerprint density at radius 2 is 1.94 bits per heavy atom. The highest BCUT2D eigenvalue weighted by molar-refractivity contribution is 5.60. The second-order valence-corrected chi connectivity index (χ2v) is 5.47. The molecular formula is C16H24N2. The number of aryl methyl sites for hydroxylation is 1. The largest absolute Gasteiger partial charge is 0.308 e. The number of rotatable bonds is 5. The predicted octanol–water partition coefficient (Wildman–Crippen LogP) is 2.64. The third kappa shape index (κ3) is 3.44. The first kappa shape index (κ1) is 13.3. The highest BCUT2D eigenvalue weighted by Crippen LogP contribution is 2.23. The molecule has 1 aromatic carbocycles. The molecule has 0 radical (unpaired) electrons. The molecule has 0 saturated heterocycles. The molecule has 0 saturated carbocycles. The van der Waals surface area contributed by atoms with E-state index in [2.05, 4.69) is 61.3 Å². The molecule has 1 aliphatic carbocycles. The van der Waals surface area contributed by atoms with Gasteiger partial charge in [0.05, 0.1) is 0 Å². The summed E-state index contributed by atoms with van der Waals surface area (Å²) in [5, 5.41) is 0. The van der Waals surface area contributed by atoms with Gasteiger partial charge in [-0.15, -0.1) is 0 Å². The Balaban J connectivity index is 2.04. The van der Waals surface area contributed by atoms with Gasteiger partial charge in [0.2, 0.25) is 0 Å². The first-order chi connectivity index (χ1) is 8.66. The SMILES string of the molecule is CN(C)CCN(C)Cc1cccc2c1C=CCC2. The average molecular weight is 244 g/mol. The minimum Gasteiger partial charge on any atom is -0.308 e. The molecule has 2 heteroatoms. The lowest BCUT2D eigenvalue weighted by atomic mass is 9.93. The van der Waals surface area contributed by atoms with Gasteiger partial charge in [-0.3, -0.25) is 0 Å². The molecular weight excluding hydrogens is 220 g/mol. The van der Waals surface area contributed by atoms with Crippen LogP contribution in [0.2, 0.25) is 0 Å². The Labute approximate surface area is 111 Å². The van der Waals surface area contributed by atoms with E-state index in [1.807, 2.05) is 0 Å². The van der Waals surface area contributed by atoms with E-state index in [4.69, 9.17) is 0 Å². The lowest BCUT2D eigenvalue weighted by molar-refractivity contribution is 0.276. The summed E-state index contributed by atoms with van der Waals surface area (Å²) in [5.41, 5.74) is 4.43. The van der Waals surface area contributed by atoms with Crippen LogP contribution in [-0.4, -0.2) is 44.0 Å². The molecule has 0 amide bonds. The van der Waals surface area contributed by atoms with Crippen LogP contribution >= 0.6 is 0 Å². The molecule has 2 nitrogen and oxygen atoms in total. The van der Waals surface area contributed by atoms with Gasteiger partial charge in [0.15, 0.2) is 0 Å². The van der Waals surface area contributed by atoms with Crippen LogP contribution in [-0.2, 0) is 13.0 Å². The van der Waals surface area contributed by atoms with Crippen molar-refractivity contribution in [1.29, 1.82) is 0 Å². The van der Waals surface area contributed by atoms with Gasteiger partial charge in [-0.1, -0.05) is 30.4 Å². The first-order valence-corrected chi connectivity index (χ1v) is 6.77. The lowest BCUT2D eigenvalue weighted by Crippen LogP contribution is -2.28. The standard InChI is InChI=1S/C16H24N2/c1-17(2)11-12-18(3)13-15-9-6-8-14-7-4-5-10-16(14)15/h5-6,8-10H,4,7,11-13H2,1-3H3. The number of fused-ring (bicyclic) bond motifs is 1. The Morgan fingerprint density at radius 3 is 2.72 bits per heavy atom. The Morgan fingerprint density at radius 1 is 1.11 bits per heavy atom. The van der Waals surface area contributed by atoms with Crippen LogP contribution in [0.1, 0.15) is 23.1 Å². The van der Waals surface area contributed by atoms with Crippen molar-refractivity contribution in [3.05, 3.63) is 41.0 Å². The third-order valence-corrected chi connectivity index (χ3v) is 3.52. The van der Waals surface area contributed by atoms with Crippen molar-refractivity contribution in [2.75, 3.05) is 34.2 Å². The fourth-order valence-corrected chi connectivity index (χ4v) is 2.42. The molecule has 0 aromatic heterocycles. The van der Waals surface area contributed by atoms with Gasteiger partial charge in [0.1, 0.15) is 0 Å². The van der Waals surface area contributed by atoms with Crippen molar-refractivity contribution >= 4 is 6.08 Å². The molecule has 0 bridgehead atoms. The summed E-state index contributed by atoms with van der Waals surface area (Å²) in [4.78, 5) is 4.63. The van der Waals surface area contributed by atoms with Crippen LogP contribution in [0.5, 0.6) is 0 Å². The van der Waals surface area contributed by atoms with Crippen molar-refractivity contribution in [1.82, 2.24) is 9.80 Å². The zero-order chi connectivity index (χ0) is 13.0. The molecule has 1 aliphatic rings. The number of allylic oxidation sites excluding steroid dienone is 1. The van der Waals surface area contributed by atoms with E-state index in [9.17, 15) is 0 Å². The van der Waals surface area contributed by atoms with E-state index in [1.165, 1.54) is 29.5 Å². The Hall–Kier alpha value is -1.12. The number of hydrogen-bond donors (Lipinski definition) is 0. The highest BCUT2D eigenvalue weighted by Gasteiger charge is 2.10. The van der Waals surface area contributed by atoms with Crippen LogP contribution in [0.25, 0.3) is 6.08 Å². The van der Waals surface area contributed by atoms with Crippen LogP contribution < -0.4 is 0 Å². The maximum Gasteiger partial charge on any atom is 0.0237 e. The summed E-state index contributed by atoms with van der Waals surface area (Å²) in [6.45, 7) is 3.27. The van der Waals surface area contributed by atoms with Crippen molar-refractivity contribution in [3.63, 3.8) is 0 Å². The van der Waals surface area contributed by atoms with Crippen LogP contribution in [0.4, 0.5) is 0 Å². The van der Waals surface area contributed by atoms with Crippen molar-refractivity contribution < 1.29 is 0 Å². The van der Waals surface area contributed by atoms with Gasteiger partial charge < -0.3 is 9.80 Å². The molecule has 98 valence electrons. The maximum atomic E-state index is 2.40. The van der Waals surface area contributed by atoms with E-state index in [0.717, 1.165) is 19.6 Å². The quantitative estimate of drug-likeness (QED) is 0.785. The molecule has 0 spiro atoms. The van der Waals surface area contributed by atoms with Crippen molar-refractivity contribution in [3.8, 4) is 0 Å². The van der Waals surface area contributed by atoms with E-state index < -0.39 is 0 Å². The number of likely N-dealkylation sites (N-methyl/N-ethyl adjacent to an activating group) is 2. The summed E-state index contributed by atoms with van der Waals surface area (Å²) in [6, 6.07) is 6.73. The Bertz CT molecular complexity index is 421. The monoisotopic (exact) mass is 244 g/mol. The van der Waals surface area contributed by atoms with Crippen LogP contribution in [0, 0.1) is 0 Å². The van der Waals surface area contributed by atoms with E-state index in [-0.39, 0.29) is 0 Å². The van der Waals surface area contributed by atoms with Crippen LogP contribution in [0.15, 0.2) is 24.3 Å². The molecule has 0 N–H and O–H groups in total. The molecule has 0 aliphatic heterocycles. The van der Waals surface area contributed by atoms with Gasteiger partial charge in [-0.25, -0.2) is 0 Å². The fourth-order valence-electron chi connectivity index (χ4n) is 2.42. The normalized spacial score (nSPS) is 14.3. The zero-order valence-corrected chi connectivity index (χ0v) is 11.8. The zero-order valence-electron chi connectivity index (χ0n) is 11.8.